The molecule has 0 amide bonds. The average Bonchev–Trinajstić information content (AvgIpc) is 2.27. The van der Waals surface area contributed by atoms with E-state index >= 15 is 0 Å². The van der Waals surface area contributed by atoms with Crippen LogP contribution in [0.5, 0.6) is 0 Å². The summed E-state index contributed by atoms with van der Waals surface area (Å²) in [6.07, 6.45) is 11.2. The molecule has 1 aliphatic heterocycles. The molecule has 0 aromatic carbocycles. The Bertz CT molecular complexity index is 321. The maximum Gasteiger partial charge on any atom is 0.0546 e. The first kappa shape index (κ1) is 9.53. The molecule has 76 valence electrons. The van der Waals surface area contributed by atoms with Crippen molar-refractivity contribution >= 4 is 0 Å². The van der Waals surface area contributed by atoms with E-state index in [2.05, 4.69) is 38.2 Å². The van der Waals surface area contributed by atoms with Crippen LogP contribution >= 0.6 is 0 Å². The fraction of sp³-hybridized carbons (Fsp3) is 0.500. The lowest BCUT2D eigenvalue weighted by Crippen LogP contribution is -2.33. The standard InChI is InChI=1S/C12H18N2/c1-12(2)7-5-10-4-3-9-14(13)11(10)6-8-12/h5-8H,3-4,9,13H2,1-2H3. The van der Waals surface area contributed by atoms with Gasteiger partial charge < -0.3 is 5.01 Å². The summed E-state index contributed by atoms with van der Waals surface area (Å²) in [6.45, 7) is 5.38. The van der Waals surface area contributed by atoms with Crippen LogP contribution in [0.15, 0.2) is 35.6 Å². The predicted octanol–water partition coefficient (Wildman–Crippen LogP) is 2.36. The van der Waals surface area contributed by atoms with Gasteiger partial charge in [-0.15, -0.1) is 0 Å². The van der Waals surface area contributed by atoms with Crippen molar-refractivity contribution < 1.29 is 0 Å². The quantitative estimate of drug-likeness (QED) is 0.594. The fourth-order valence-corrected chi connectivity index (χ4v) is 1.91. The smallest absolute Gasteiger partial charge is 0.0546 e. The lowest BCUT2D eigenvalue weighted by Gasteiger charge is -2.26. The zero-order valence-corrected chi connectivity index (χ0v) is 8.96. The molecule has 2 heteroatoms. The average molecular weight is 190 g/mol. The molecule has 14 heavy (non-hydrogen) atoms. The van der Waals surface area contributed by atoms with E-state index in [1.165, 1.54) is 11.3 Å². The number of rotatable bonds is 0. The van der Waals surface area contributed by atoms with Crippen molar-refractivity contribution in [1.29, 1.82) is 0 Å². The SMILES string of the molecule is CC1(C)C=CC2=C(C=C1)N(N)CCC2. The van der Waals surface area contributed by atoms with Crippen LogP contribution < -0.4 is 5.84 Å². The van der Waals surface area contributed by atoms with Crippen molar-refractivity contribution in [3.8, 4) is 0 Å². The van der Waals surface area contributed by atoms with Gasteiger partial charge in [0.2, 0.25) is 0 Å². The Labute approximate surface area is 85.7 Å². The topological polar surface area (TPSA) is 29.3 Å². The van der Waals surface area contributed by atoms with Gasteiger partial charge in [-0.25, -0.2) is 5.84 Å². The van der Waals surface area contributed by atoms with Gasteiger partial charge in [-0.2, -0.15) is 0 Å². The largest absolute Gasteiger partial charge is 0.311 e. The van der Waals surface area contributed by atoms with E-state index in [1.807, 2.05) is 5.01 Å². The van der Waals surface area contributed by atoms with Gasteiger partial charge in [0.25, 0.3) is 0 Å². The molecule has 0 saturated carbocycles. The van der Waals surface area contributed by atoms with Gasteiger partial charge in [0.05, 0.1) is 5.70 Å². The summed E-state index contributed by atoms with van der Waals surface area (Å²) < 4.78 is 0. The monoisotopic (exact) mass is 190 g/mol. The first-order valence-corrected chi connectivity index (χ1v) is 5.22. The van der Waals surface area contributed by atoms with Gasteiger partial charge in [-0.1, -0.05) is 32.1 Å². The van der Waals surface area contributed by atoms with Crippen molar-refractivity contribution in [2.45, 2.75) is 26.7 Å². The molecule has 0 aromatic rings. The number of nitrogens with zero attached hydrogens (tertiary/aromatic N) is 1. The van der Waals surface area contributed by atoms with Gasteiger partial charge >= 0.3 is 0 Å². The fourth-order valence-electron chi connectivity index (χ4n) is 1.91. The van der Waals surface area contributed by atoms with Crippen molar-refractivity contribution in [3.05, 3.63) is 35.6 Å². The molecule has 0 spiro atoms. The van der Waals surface area contributed by atoms with Crippen LogP contribution in [0.3, 0.4) is 0 Å². The van der Waals surface area contributed by atoms with Crippen LogP contribution in [0.1, 0.15) is 26.7 Å². The summed E-state index contributed by atoms with van der Waals surface area (Å²) in [7, 11) is 0. The summed E-state index contributed by atoms with van der Waals surface area (Å²) in [5.74, 6) is 5.94. The van der Waals surface area contributed by atoms with Crippen LogP contribution in [-0.2, 0) is 0 Å². The molecule has 0 atom stereocenters. The number of hydrogen-bond donors (Lipinski definition) is 1. The van der Waals surface area contributed by atoms with E-state index in [4.69, 9.17) is 5.84 Å². The Hall–Kier alpha value is -1.02. The Morgan fingerprint density at radius 2 is 2.00 bits per heavy atom. The van der Waals surface area contributed by atoms with Crippen LogP contribution in [0, 0.1) is 5.41 Å². The summed E-state index contributed by atoms with van der Waals surface area (Å²) in [5.41, 5.74) is 2.72. The van der Waals surface area contributed by atoms with Gasteiger partial charge in [-0.05, 0) is 24.5 Å². The van der Waals surface area contributed by atoms with Crippen LogP contribution in [-0.4, -0.2) is 11.6 Å². The summed E-state index contributed by atoms with van der Waals surface area (Å²) in [5, 5.41) is 1.86. The molecule has 1 aliphatic carbocycles. The van der Waals surface area contributed by atoms with E-state index in [9.17, 15) is 0 Å². The molecule has 0 fully saturated rings. The number of hydrogen-bond acceptors (Lipinski definition) is 2. The first-order chi connectivity index (χ1) is 6.58. The Kier molecular flexibility index (Phi) is 2.23. The van der Waals surface area contributed by atoms with Crippen LogP contribution in [0.2, 0.25) is 0 Å². The van der Waals surface area contributed by atoms with Gasteiger partial charge in [0.15, 0.2) is 0 Å². The molecular formula is C12H18N2. The van der Waals surface area contributed by atoms with E-state index in [1.54, 1.807) is 0 Å². The molecule has 1 heterocycles. The van der Waals surface area contributed by atoms with Crippen molar-refractivity contribution in [2.24, 2.45) is 11.3 Å². The summed E-state index contributed by atoms with van der Waals surface area (Å²) >= 11 is 0. The van der Waals surface area contributed by atoms with Crippen LogP contribution in [0.25, 0.3) is 0 Å². The third kappa shape index (κ3) is 1.75. The van der Waals surface area contributed by atoms with Gasteiger partial charge in [0.1, 0.15) is 0 Å². The number of hydrazine groups is 1. The lowest BCUT2D eigenvalue weighted by molar-refractivity contribution is 0.341. The van der Waals surface area contributed by atoms with Gasteiger partial charge in [0, 0.05) is 12.0 Å². The molecule has 0 aromatic heterocycles. The van der Waals surface area contributed by atoms with Crippen molar-refractivity contribution in [3.63, 3.8) is 0 Å². The molecular weight excluding hydrogens is 172 g/mol. The molecule has 0 bridgehead atoms. The summed E-state index contributed by atoms with van der Waals surface area (Å²) in [6, 6.07) is 0. The zero-order valence-electron chi connectivity index (χ0n) is 8.96. The van der Waals surface area contributed by atoms with Gasteiger partial charge in [-0.3, -0.25) is 0 Å². The second-order valence-corrected chi connectivity index (χ2v) is 4.70. The Morgan fingerprint density at radius 1 is 1.29 bits per heavy atom. The van der Waals surface area contributed by atoms with E-state index in [-0.39, 0.29) is 5.41 Å². The highest BCUT2D eigenvalue weighted by Crippen LogP contribution is 2.30. The Morgan fingerprint density at radius 3 is 2.79 bits per heavy atom. The minimum Gasteiger partial charge on any atom is -0.311 e. The normalized spacial score (nSPS) is 24.9. The van der Waals surface area contributed by atoms with Crippen molar-refractivity contribution in [2.75, 3.05) is 6.54 Å². The molecule has 2 nitrogen and oxygen atoms in total. The molecule has 2 rings (SSSR count). The van der Waals surface area contributed by atoms with Crippen LogP contribution in [0.4, 0.5) is 0 Å². The van der Waals surface area contributed by atoms with E-state index in [0.29, 0.717) is 0 Å². The van der Waals surface area contributed by atoms with E-state index < -0.39 is 0 Å². The van der Waals surface area contributed by atoms with E-state index in [0.717, 1.165) is 19.4 Å². The molecule has 0 saturated heterocycles. The maximum absolute atomic E-state index is 5.94. The minimum atomic E-state index is 0.151. The molecule has 2 N–H and O–H groups in total. The second-order valence-electron chi connectivity index (χ2n) is 4.70. The third-order valence-electron chi connectivity index (χ3n) is 2.87. The lowest BCUT2D eigenvalue weighted by atomic mass is 9.93. The molecule has 0 unspecified atom stereocenters. The molecule has 0 radical (unpaired) electrons. The zero-order chi connectivity index (χ0) is 10.2. The number of nitrogens with two attached hydrogens (primary N) is 1. The second kappa shape index (κ2) is 3.28. The third-order valence-corrected chi connectivity index (χ3v) is 2.87. The highest BCUT2D eigenvalue weighted by atomic mass is 15.4. The van der Waals surface area contributed by atoms with Crippen molar-refractivity contribution in [1.82, 2.24) is 5.01 Å². The minimum absolute atomic E-state index is 0.151. The highest BCUT2D eigenvalue weighted by Gasteiger charge is 2.19. The molecule has 2 aliphatic rings. The maximum atomic E-state index is 5.94. The summed E-state index contributed by atoms with van der Waals surface area (Å²) in [4.78, 5) is 0. The Balaban J connectivity index is 2.37. The first-order valence-electron chi connectivity index (χ1n) is 5.22. The number of allylic oxidation sites excluding steroid dienone is 5. The predicted molar refractivity (Wildman–Crippen MR) is 59.2 cm³/mol. The highest BCUT2D eigenvalue weighted by molar-refractivity contribution is 5.38.